The Labute approximate surface area is 193 Å². The topological polar surface area (TPSA) is 116 Å². The van der Waals surface area contributed by atoms with Crippen LogP contribution in [0.1, 0.15) is 45.6 Å². The van der Waals surface area contributed by atoms with E-state index < -0.39 is 21.0 Å². The second-order valence-electron chi connectivity index (χ2n) is 10.5. The second kappa shape index (κ2) is 6.72. The number of fused-ring (bicyclic) bond motifs is 1. The van der Waals surface area contributed by atoms with Crippen molar-refractivity contribution in [2.24, 2.45) is 5.41 Å². The van der Waals surface area contributed by atoms with E-state index in [4.69, 9.17) is 10.5 Å². The number of nitrogens with one attached hydrogen (secondary N) is 1. The number of nitrogen functional groups attached to an aromatic ring is 1. The molecule has 6 rings (SSSR count). The zero-order valence-corrected chi connectivity index (χ0v) is 20.0. The molecule has 3 aromatic rings. The van der Waals surface area contributed by atoms with Crippen LogP contribution in [0.15, 0.2) is 47.6 Å². The van der Waals surface area contributed by atoms with Crippen molar-refractivity contribution in [2.45, 2.75) is 63.0 Å². The predicted octanol–water partition coefficient (Wildman–Crippen LogP) is 3.84. The molecule has 3 aliphatic carbocycles. The maximum absolute atomic E-state index is 13.2. The summed E-state index contributed by atoms with van der Waals surface area (Å²) in [6.07, 6.45) is 4.98. The minimum Gasteiger partial charge on any atom is -0.460 e. The Hall–Kier alpha value is -3.07. The molecule has 3 fully saturated rings. The molecule has 0 aliphatic heterocycles. The van der Waals surface area contributed by atoms with Crippen LogP contribution in [0.2, 0.25) is 0 Å². The van der Waals surface area contributed by atoms with Crippen LogP contribution in [-0.2, 0) is 19.6 Å². The number of hydrogen-bond acceptors (Lipinski definition) is 7. The summed E-state index contributed by atoms with van der Waals surface area (Å²) >= 11 is 0. The standard InChI is InChI=1S/C24H28N4O4S/c1-15-5-7-16(8-6-15)33(30,31)28-10-9-17-19(18(25)11-26-20(17)28)27-24-12-23(13-24,14-24)21(29)32-22(2,3)4/h5-11H,12-14,25H2,1-4H3,(H,26,27). The molecule has 0 amide bonds. The Morgan fingerprint density at radius 2 is 1.79 bits per heavy atom. The molecule has 2 aromatic heterocycles. The highest BCUT2D eigenvalue weighted by Gasteiger charge is 2.73. The van der Waals surface area contributed by atoms with E-state index in [-0.39, 0.29) is 16.4 Å². The van der Waals surface area contributed by atoms with Crippen molar-refractivity contribution in [1.82, 2.24) is 8.96 Å². The molecular formula is C24H28N4O4S. The highest BCUT2D eigenvalue weighted by atomic mass is 32.2. The van der Waals surface area contributed by atoms with Crippen LogP contribution in [0.5, 0.6) is 0 Å². The fourth-order valence-corrected chi connectivity index (χ4v) is 6.33. The van der Waals surface area contributed by atoms with Gasteiger partial charge >= 0.3 is 5.97 Å². The fourth-order valence-electron chi connectivity index (χ4n) is 5.02. The van der Waals surface area contributed by atoms with E-state index in [1.54, 1.807) is 30.3 Å². The quantitative estimate of drug-likeness (QED) is 0.547. The van der Waals surface area contributed by atoms with Crippen LogP contribution >= 0.6 is 0 Å². The van der Waals surface area contributed by atoms with Gasteiger partial charge in [-0.3, -0.25) is 4.79 Å². The highest BCUT2D eigenvalue weighted by molar-refractivity contribution is 7.90. The Morgan fingerprint density at radius 3 is 2.39 bits per heavy atom. The van der Waals surface area contributed by atoms with Gasteiger partial charge in [-0.15, -0.1) is 0 Å². The first-order valence-electron chi connectivity index (χ1n) is 10.9. The molecule has 0 spiro atoms. The maximum Gasteiger partial charge on any atom is 0.312 e. The van der Waals surface area contributed by atoms with E-state index in [1.807, 2.05) is 27.7 Å². The van der Waals surface area contributed by atoms with Crippen LogP contribution < -0.4 is 11.1 Å². The number of anilines is 2. The van der Waals surface area contributed by atoms with Gasteiger partial charge in [0.2, 0.25) is 0 Å². The van der Waals surface area contributed by atoms with Crippen molar-refractivity contribution in [1.29, 1.82) is 0 Å². The first-order chi connectivity index (χ1) is 15.3. The number of carbonyl (C=O) groups is 1. The largest absolute Gasteiger partial charge is 0.460 e. The van der Waals surface area contributed by atoms with Crippen LogP contribution in [0.4, 0.5) is 11.4 Å². The van der Waals surface area contributed by atoms with Crippen molar-refractivity contribution in [2.75, 3.05) is 11.1 Å². The van der Waals surface area contributed by atoms with Crippen molar-refractivity contribution >= 4 is 38.4 Å². The van der Waals surface area contributed by atoms with Gasteiger partial charge in [0, 0.05) is 17.1 Å². The van der Waals surface area contributed by atoms with E-state index in [0.717, 1.165) is 5.56 Å². The number of esters is 1. The molecule has 0 saturated heterocycles. The van der Waals surface area contributed by atoms with Gasteiger partial charge in [-0.1, -0.05) is 17.7 Å². The van der Waals surface area contributed by atoms with E-state index in [9.17, 15) is 13.2 Å². The Kier molecular flexibility index (Phi) is 4.43. The number of rotatable bonds is 5. The normalized spacial score (nSPS) is 24.1. The second-order valence-corrected chi connectivity index (χ2v) is 12.3. The predicted molar refractivity (Wildman–Crippen MR) is 126 cm³/mol. The number of benzene rings is 1. The molecule has 0 atom stereocenters. The Bertz CT molecular complexity index is 1360. The van der Waals surface area contributed by atoms with Crippen molar-refractivity contribution in [3.63, 3.8) is 0 Å². The van der Waals surface area contributed by atoms with Crippen molar-refractivity contribution < 1.29 is 17.9 Å². The summed E-state index contributed by atoms with van der Waals surface area (Å²) in [4.78, 5) is 17.1. The number of nitrogens with two attached hydrogens (primary N) is 1. The van der Waals surface area contributed by atoms with Crippen LogP contribution in [-0.4, -0.2) is 34.5 Å². The zero-order valence-electron chi connectivity index (χ0n) is 19.2. The lowest BCUT2D eigenvalue weighted by atomic mass is 9.39. The van der Waals surface area contributed by atoms with Gasteiger partial charge in [-0.05, 0) is 65.2 Å². The van der Waals surface area contributed by atoms with Crippen LogP contribution in [0.3, 0.4) is 0 Å². The fraction of sp³-hybridized carbons (Fsp3) is 0.417. The van der Waals surface area contributed by atoms with Gasteiger partial charge in [0.25, 0.3) is 10.0 Å². The summed E-state index contributed by atoms with van der Waals surface area (Å²) in [6, 6.07) is 8.41. The molecule has 0 radical (unpaired) electrons. The average Bonchev–Trinajstić information content (AvgIpc) is 3.08. The molecule has 3 N–H and O–H groups in total. The molecule has 2 bridgehead atoms. The number of nitrogens with zero attached hydrogens (tertiary/aromatic N) is 2. The summed E-state index contributed by atoms with van der Waals surface area (Å²) < 4.78 is 33.2. The van der Waals surface area contributed by atoms with Crippen molar-refractivity contribution in [3.8, 4) is 0 Å². The van der Waals surface area contributed by atoms with Gasteiger partial charge in [0.1, 0.15) is 5.60 Å². The number of ether oxygens (including phenoxy) is 1. The number of hydrogen-bond donors (Lipinski definition) is 2. The minimum absolute atomic E-state index is 0.151. The van der Waals surface area contributed by atoms with E-state index in [2.05, 4.69) is 10.3 Å². The third kappa shape index (κ3) is 3.37. The third-order valence-electron chi connectivity index (χ3n) is 6.54. The van der Waals surface area contributed by atoms with Crippen LogP contribution in [0.25, 0.3) is 11.0 Å². The average molecular weight is 469 g/mol. The molecule has 0 unspecified atom stereocenters. The first-order valence-corrected chi connectivity index (χ1v) is 12.4. The molecule has 8 nitrogen and oxygen atoms in total. The lowest BCUT2D eigenvalue weighted by molar-refractivity contribution is -0.204. The molecule has 1 aromatic carbocycles. The number of pyridine rings is 1. The Balaban J connectivity index is 1.43. The van der Waals surface area contributed by atoms with Gasteiger partial charge in [-0.25, -0.2) is 17.4 Å². The first kappa shape index (κ1) is 21.8. The zero-order chi connectivity index (χ0) is 23.8. The van der Waals surface area contributed by atoms with Gasteiger partial charge in [0.05, 0.1) is 27.9 Å². The van der Waals surface area contributed by atoms with Gasteiger partial charge in [-0.2, -0.15) is 0 Å². The van der Waals surface area contributed by atoms with E-state index >= 15 is 0 Å². The molecule has 9 heteroatoms. The minimum atomic E-state index is -3.81. The lowest BCUT2D eigenvalue weighted by Crippen LogP contribution is -2.74. The van der Waals surface area contributed by atoms with Gasteiger partial charge in [0.15, 0.2) is 5.65 Å². The summed E-state index contributed by atoms with van der Waals surface area (Å²) in [5, 5.41) is 4.13. The molecule has 3 aliphatic rings. The lowest BCUT2D eigenvalue weighted by Gasteiger charge is -2.69. The summed E-state index contributed by atoms with van der Waals surface area (Å²) in [6.45, 7) is 7.51. The summed E-state index contributed by atoms with van der Waals surface area (Å²) in [5.41, 5.74) is 7.42. The number of aryl methyl sites for hydroxylation is 1. The van der Waals surface area contributed by atoms with Gasteiger partial charge < -0.3 is 15.8 Å². The molecule has 174 valence electrons. The van der Waals surface area contributed by atoms with E-state index in [0.29, 0.717) is 41.7 Å². The molecule has 2 heterocycles. The van der Waals surface area contributed by atoms with Crippen molar-refractivity contribution in [3.05, 3.63) is 48.3 Å². The van der Waals surface area contributed by atoms with Crippen LogP contribution in [0, 0.1) is 12.3 Å². The highest BCUT2D eigenvalue weighted by Crippen LogP contribution is 2.69. The van der Waals surface area contributed by atoms with E-state index in [1.165, 1.54) is 16.4 Å². The summed E-state index contributed by atoms with van der Waals surface area (Å²) in [7, 11) is -3.81. The maximum atomic E-state index is 13.2. The number of aromatic nitrogens is 2. The third-order valence-corrected chi connectivity index (χ3v) is 8.22. The SMILES string of the molecule is Cc1ccc(S(=O)(=O)n2ccc3c(NC45CC(C(=O)OC(C)(C)C)(C4)C5)c(N)cnc32)cc1. The summed E-state index contributed by atoms with van der Waals surface area (Å²) in [5.74, 6) is -0.151. The smallest absolute Gasteiger partial charge is 0.312 e. The molecule has 33 heavy (non-hydrogen) atoms. The molecular weight excluding hydrogens is 440 g/mol. The molecule has 3 saturated carbocycles. The Morgan fingerprint density at radius 1 is 1.15 bits per heavy atom. The monoisotopic (exact) mass is 468 g/mol. The number of carbonyl (C=O) groups excluding carboxylic acids is 1.